The smallest absolute Gasteiger partial charge is 0.319 e. The van der Waals surface area contributed by atoms with E-state index in [9.17, 15) is 18.8 Å². The first-order chi connectivity index (χ1) is 16.5. The highest BCUT2D eigenvalue weighted by Gasteiger charge is 2.29. The molecule has 2 aromatic rings. The van der Waals surface area contributed by atoms with Crippen LogP contribution in [0.25, 0.3) is 0 Å². The molecule has 0 aliphatic carbocycles. The van der Waals surface area contributed by atoms with Gasteiger partial charge >= 0.3 is 6.03 Å². The van der Waals surface area contributed by atoms with E-state index in [1.54, 1.807) is 29.2 Å². The van der Waals surface area contributed by atoms with E-state index >= 15 is 0 Å². The fourth-order valence-electron chi connectivity index (χ4n) is 4.22. The molecule has 0 aromatic heterocycles. The summed E-state index contributed by atoms with van der Waals surface area (Å²) >= 11 is 0. The van der Waals surface area contributed by atoms with Crippen molar-refractivity contribution in [3.05, 3.63) is 59.9 Å². The number of urea groups is 1. The molecule has 2 aromatic carbocycles. The normalized spacial score (nSPS) is 20.0. The third-order valence-corrected chi connectivity index (χ3v) is 6.10. The summed E-state index contributed by atoms with van der Waals surface area (Å²) in [5, 5.41) is 8.45. The molecule has 2 fully saturated rings. The van der Waals surface area contributed by atoms with Gasteiger partial charge < -0.3 is 25.6 Å². The van der Waals surface area contributed by atoms with Crippen LogP contribution in [-0.4, -0.2) is 55.1 Å². The molecule has 3 N–H and O–H groups in total. The van der Waals surface area contributed by atoms with Gasteiger partial charge in [0, 0.05) is 43.2 Å². The van der Waals surface area contributed by atoms with Crippen LogP contribution >= 0.6 is 0 Å². The molecule has 0 spiro atoms. The molecule has 2 heterocycles. The zero-order valence-corrected chi connectivity index (χ0v) is 18.9. The molecule has 8 nitrogen and oxygen atoms in total. The number of benzene rings is 2. The van der Waals surface area contributed by atoms with Gasteiger partial charge in [-0.15, -0.1) is 0 Å². The largest absolute Gasteiger partial charge is 0.376 e. The lowest BCUT2D eigenvalue weighted by Gasteiger charge is -2.32. The molecule has 180 valence electrons. The SMILES string of the molecule is O=C(NC[C@H]1CCCO1)Nc1ccc(NC(=O)[C@H]2CCCN(C(=O)c3ccc(F)cc3)C2)cc1. The fraction of sp³-hybridized carbons (Fsp3) is 0.400. The number of rotatable bonds is 6. The summed E-state index contributed by atoms with van der Waals surface area (Å²) in [5.41, 5.74) is 1.62. The Kier molecular flexibility index (Phi) is 7.74. The van der Waals surface area contributed by atoms with Crippen LogP contribution in [0.15, 0.2) is 48.5 Å². The van der Waals surface area contributed by atoms with Crippen LogP contribution < -0.4 is 16.0 Å². The lowest BCUT2D eigenvalue weighted by Crippen LogP contribution is -2.43. The van der Waals surface area contributed by atoms with E-state index in [2.05, 4.69) is 16.0 Å². The van der Waals surface area contributed by atoms with Crippen molar-refractivity contribution in [2.24, 2.45) is 5.92 Å². The molecule has 9 heteroatoms. The van der Waals surface area contributed by atoms with Gasteiger partial charge in [0.05, 0.1) is 12.0 Å². The molecular weight excluding hydrogens is 439 g/mol. The molecule has 0 radical (unpaired) electrons. The number of carbonyl (C=O) groups is 3. The highest BCUT2D eigenvalue weighted by Crippen LogP contribution is 2.22. The van der Waals surface area contributed by atoms with Gasteiger partial charge in [0.2, 0.25) is 5.91 Å². The summed E-state index contributed by atoms with van der Waals surface area (Å²) in [5.74, 6) is -1.09. The number of carbonyl (C=O) groups excluding carboxylic acids is 3. The van der Waals surface area contributed by atoms with E-state index in [0.717, 1.165) is 25.9 Å². The molecular formula is C25H29FN4O4. The van der Waals surface area contributed by atoms with Crippen LogP contribution in [0.2, 0.25) is 0 Å². The van der Waals surface area contributed by atoms with Crippen molar-refractivity contribution in [1.82, 2.24) is 10.2 Å². The van der Waals surface area contributed by atoms with Crippen LogP contribution in [0.1, 0.15) is 36.0 Å². The van der Waals surface area contributed by atoms with Crippen molar-refractivity contribution in [3.8, 4) is 0 Å². The number of amides is 4. The number of piperidine rings is 1. The van der Waals surface area contributed by atoms with Gasteiger partial charge in [-0.05, 0) is 74.2 Å². The maximum absolute atomic E-state index is 13.1. The van der Waals surface area contributed by atoms with Gasteiger partial charge in [-0.25, -0.2) is 9.18 Å². The zero-order valence-electron chi connectivity index (χ0n) is 18.9. The number of anilines is 2. The van der Waals surface area contributed by atoms with Crippen molar-refractivity contribution in [3.63, 3.8) is 0 Å². The average molecular weight is 469 g/mol. The van der Waals surface area contributed by atoms with E-state index in [1.165, 1.54) is 24.3 Å². The van der Waals surface area contributed by atoms with E-state index in [-0.39, 0.29) is 29.9 Å². The van der Waals surface area contributed by atoms with Crippen LogP contribution in [-0.2, 0) is 9.53 Å². The number of halogens is 1. The average Bonchev–Trinajstić information content (AvgIpc) is 3.38. The van der Waals surface area contributed by atoms with E-state index < -0.39 is 5.82 Å². The van der Waals surface area contributed by atoms with Gasteiger partial charge in [-0.1, -0.05) is 0 Å². The first-order valence-electron chi connectivity index (χ1n) is 11.6. The summed E-state index contributed by atoms with van der Waals surface area (Å²) in [6.45, 7) is 2.09. The van der Waals surface area contributed by atoms with Gasteiger partial charge in [-0.3, -0.25) is 9.59 Å². The number of nitrogens with zero attached hydrogens (tertiary/aromatic N) is 1. The number of ether oxygens (including phenoxy) is 1. The molecule has 0 bridgehead atoms. The van der Waals surface area contributed by atoms with Gasteiger partial charge in [0.1, 0.15) is 5.82 Å². The highest BCUT2D eigenvalue weighted by atomic mass is 19.1. The van der Waals surface area contributed by atoms with E-state index in [4.69, 9.17) is 4.74 Å². The minimum atomic E-state index is -0.395. The van der Waals surface area contributed by atoms with Crippen LogP contribution in [0, 0.1) is 11.7 Å². The summed E-state index contributed by atoms with van der Waals surface area (Å²) in [6, 6.07) is 12.0. The van der Waals surface area contributed by atoms with Gasteiger partial charge in [0.15, 0.2) is 0 Å². The minimum absolute atomic E-state index is 0.0741. The third kappa shape index (κ3) is 6.32. The summed E-state index contributed by atoms with van der Waals surface area (Å²) < 4.78 is 18.6. The lowest BCUT2D eigenvalue weighted by molar-refractivity contribution is -0.121. The molecule has 0 saturated carbocycles. The Balaban J connectivity index is 1.26. The van der Waals surface area contributed by atoms with E-state index in [0.29, 0.717) is 43.0 Å². The Labute approximate surface area is 197 Å². The van der Waals surface area contributed by atoms with Crippen molar-refractivity contribution < 1.29 is 23.5 Å². The Morgan fingerprint density at radius 2 is 1.65 bits per heavy atom. The Morgan fingerprint density at radius 3 is 2.32 bits per heavy atom. The van der Waals surface area contributed by atoms with Crippen LogP contribution in [0.3, 0.4) is 0 Å². The molecule has 0 unspecified atom stereocenters. The second-order valence-electron chi connectivity index (χ2n) is 8.63. The minimum Gasteiger partial charge on any atom is -0.376 e. The van der Waals surface area contributed by atoms with Crippen LogP contribution in [0.5, 0.6) is 0 Å². The van der Waals surface area contributed by atoms with Crippen molar-refractivity contribution in [2.45, 2.75) is 31.8 Å². The summed E-state index contributed by atoms with van der Waals surface area (Å²) in [4.78, 5) is 39.2. The quantitative estimate of drug-likeness (QED) is 0.603. The Bertz CT molecular complexity index is 1010. The van der Waals surface area contributed by atoms with E-state index in [1.807, 2.05) is 0 Å². The number of likely N-dealkylation sites (tertiary alicyclic amines) is 1. The Morgan fingerprint density at radius 1 is 0.941 bits per heavy atom. The zero-order chi connectivity index (χ0) is 23.9. The first-order valence-corrected chi connectivity index (χ1v) is 11.6. The maximum atomic E-state index is 13.1. The molecule has 4 amide bonds. The number of nitrogens with one attached hydrogen (secondary N) is 3. The van der Waals surface area contributed by atoms with Gasteiger partial charge in [-0.2, -0.15) is 0 Å². The molecule has 2 saturated heterocycles. The maximum Gasteiger partial charge on any atom is 0.319 e. The molecule has 2 aliphatic rings. The monoisotopic (exact) mass is 468 g/mol. The van der Waals surface area contributed by atoms with Crippen molar-refractivity contribution in [2.75, 3.05) is 36.9 Å². The molecule has 2 aliphatic heterocycles. The summed E-state index contributed by atoms with van der Waals surface area (Å²) in [6.07, 6.45) is 3.45. The van der Waals surface area contributed by atoms with Crippen molar-refractivity contribution in [1.29, 1.82) is 0 Å². The number of hydrogen-bond acceptors (Lipinski definition) is 4. The number of hydrogen-bond donors (Lipinski definition) is 3. The predicted molar refractivity (Wildman–Crippen MR) is 126 cm³/mol. The predicted octanol–water partition coefficient (Wildman–Crippen LogP) is 3.62. The highest BCUT2D eigenvalue weighted by molar-refractivity contribution is 5.96. The lowest BCUT2D eigenvalue weighted by atomic mass is 9.96. The summed E-state index contributed by atoms with van der Waals surface area (Å²) in [7, 11) is 0. The molecule has 34 heavy (non-hydrogen) atoms. The van der Waals surface area contributed by atoms with Crippen molar-refractivity contribution >= 4 is 29.2 Å². The molecule has 4 rings (SSSR count). The van der Waals surface area contributed by atoms with Gasteiger partial charge in [0.25, 0.3) is 5.91 Å². The second-order valence-corrected chi connectivity index (χ2v) is 8.63. The second kappa shape index (κ2) is 11.1. The Hall–Kier alpha value is -3.46. The third-order valence-electron chi connectivity index (χ3n) is 6.10. The van der Waals surface area contributed by atoms with Crippen LogP contribution in [0.4, 0.5) is 20.6 Å². The topological polar surface area (TPSA) is 99.8 Å². The molecule has 2 atom stereocenters. The standard InChI is InChI=1S/C25H29FN4O4/c26-19-7-5-17(6-8-19)24(32)30-13-1-3-18(16-30)23(31)28-20-9-11-21(12-10-20)29-25(33)27-15-22-4-2-14-34-22/h5-12,18,22H,1-4,13-16H2,(H,28,31)(H2,27,29,33)/t18-,22+/m0/s1. The first kappa shape index (κ1) is 23.7. The fourth-order valence-corrected chi connectivity index (χ4v) is 4.22.